The lowest BCUT2D eigenvalue weighted by Gasteiger charge is -1.91. The molecule has 0 N–H and O–H groups in total. The Morgan fingerprint density at radius 3 is 1.56 bits per heavy atom. The number of ether oxygens (including phenoxy) is 1. The zero-order chi connectivity index (χ0) is 20.6. The summed E-state index contributed by atoms with van der Waals surface area (Å²) in [4.78, 5) is 52.4. The highest BCUT2D eigenvalue weighted by molar-refractivity contribution is 6.24. The van der Waals surface area contributed by atoms with Crippen LogP contribution in [0.4, 0.5) is 0 Å². The molecule has 0 fully saturated rings. The number of rotatable bonds is 0. The summed E-state index contributed by atoms with van der Waals surface area (Å²) in [5.41, 5.74) is 1.17. The molecule has 27 heavy (non-hydrogen) atoms. The molecule has 0 bridgehead atoms. The molecular weight excluding hydrogens is 352 g/mol. The van der Waals surface area contributed by atoms with Crippen molar-refractivity contribution in [1.29, 1.82) is 0 Å². The minimum atomic E-state index is -0.562. The molecule has 7 heteroatoms. The van der Waals surface area contributed by atoms with Gasteiger partial charge >= 0.3 is 11.9 Å². The van der Waals surface area contributed by atoms with Gasteiger partial charge in [-0.25, -0.2) is 0 Å². The first kappa shape index (κ1) is 21.7. The van der Waals surface area contributed by atoms with E-state index in [1.165, 1.54) is 26.0 Å². The molecule has 0 unspecified atom stereocenters. The number of hydrogen-bond donors (Lipinski definition) is 0. The molecule has 142 valence electrons. The molecule has 0 radical (unpaired) electrons. The average molecular weight is 372 g/mol. The van der Waals surface area contributed by atoms with E-state index in [1.54, 1.807) is 38.1 Å². The third kappa shape index (κ3) is 7.60. The first-order valence-electron chi connectivity index (χ1n) is 8.03. The average Bonchev–Trinajstić information content (AvgIpc) is 2.81. The number of benzene rings is 1. The van der Waals surface area contributed by atoms with Gasteiger partial charge in [0, 0.05) is 37.1 Å². The Bertz CT molecular complexity index is 854. The Balaban J connectivity index is 0.000000209. The number of hydrogen-bond acceptors (Lipinski definition) is 7. The van der Waals surface area contributed by atoms with E-state index >= 15 is 0 Å². The summed E-state index contributed by atoms with van der Waals surface area (Å²) in [7, 11) is 0. The third-order valence-electron chi connectivity index (χ3n) is 3.15. The van der Waals surface area contributed by atoms with E-state index in [9.17, 15) is 24.0 Å². The zero-order valence-electron chi connectivity index (χ0n) is 15.5. The SMILES string of the molecule is CC(=O)OC(C)=O.Cc1cc(=O)cc(C)o1.O=C1CC(=O)c2ccccc21. The largest absolute Gasteiger partial charge is 0.466 e. The summed E-state index contributed by atoms with van der Waals surface area (Å²) in [6, 6.07) is 9.87. The number of fused-ring (bicyclic) bond motifs is 1. The summed E-state index contributed by atoms with van der Waals surface area (Å²) >= 11 is 0. The molecule has 0 aliphatic heterocycles. The van der Waals surface area contributed by atoms with Crippen molar-refractivity contribution in [2.75, 3.05) is 0 Å². The van der Waals surface area contributed by atoms with Crippen LogP contribution in [0.5, 0.6) is 0 Å². The number of carbonyl (C=O) groups is 4. The van der Waals surface area contributed by atoms with E-state index in [2.05, 4.69) is 4.74 Å². The molecule has 1 aromatic heterocycles. The van der Waals surface area contributed by atoms with Crippen LogP contribution in [0.15, 0.2) is 45.6 Å². The minimum Gasteiger partial charge on any atom is -0.466 e. The standard InChI is InChI=1S/C9H6O2.C7H8O2.C4H6O3/c10-8-5-9(11)7-4-2-1-3-6(7)8;1-5-3-7(8)4-6(2)9-5;1-3(5)7-4(2)6/h1-4H,5H2;3-4H,1-2H3;1-2H3. The maximum absolute atomic E-state index is 11.1. The predicted octanol–water partition coefficient (Wildman–Crippen LogP) is 2.81. The molecule has 1 aliphatic carbocycles. The minimum absolute atomic E-state index is 0.0104. The first-order valence-corrected chi connectivity index (χ1v) is 8.03. The number of ketones is 2. The molecular formula is C20H20O7. The second-order valence-corrected chi connectivity index (χ2v) is 5.67. The summed E-state index contributed by atoms with van der Waals surface area (Å²) in [6.07, 6.45) is 0.0549. The normalized spacial score (nSPS) is 11.4. The van der Waals surface area contributed by atoms with Gasteiger partial charge in [-0.1, -0.05) is 24.3 Å². The number of carbonyl (C=O) groups excluding carboxylic acids is 4. The van der Waals surface area contributed by atoms with Crippen molar-refractivity contribution in [1.82, 2.24) is 0 Å². The summed E-state index contributed by atoms with van der Waals surface area (Å²) in [5.74, 6) is 0.108. The number of esters is 2. The van der Waals surface area contributed by atoms with Crippen LogP contribution < -0.4 is 5.43 Å². The molecule has 1 aliphatic rings. The Labute approximate surface area is 156 Å². The van der Waals surface area contributed by atoms with Crippen LogP contribution >= 0.6 is 0 Å². The Kier molecular flexibility index (Phi) is 8.00. The van der Waals surface area contributed by atoms with Gasteiger partial charge in [-0.15, -0.1) is 0 Å². The highest BCUT2D eigenvalue weighted by Crippen LogP contribution is 2.20. The van der Waals surface area contributed by atoms with E-state index in [0.717, 1.165) is 0 Å². The molecule has 2 aromatic rings. The van der Waals surface area contributed by atoms with Crippen LogP contribution in [-0.4, -0.2) is 23.5 Å². The molecule has 1 heterocycles. The van der Waals surface area contributed by atoms with E-state index < -0.39 is 11.9 Å². The highest BCUT2D eigenvalue weighted by atomic mass is 16.6. The van der Waals surface area contributed by atoms with Gasteiger partial charge in [0.2, 0.25) is 0 Å². The predicted molar refractivity (Wildman–Crippen MR) is 96.6 cm³/mol. The third-order valence-corrected chi connectivity index (χ3v) is 3.15. The second-order valence-electron chi connectivity index (χ2n) is 5.67. The van der Waals surface area contributed by atoms with Crippen molar-refractivity contribution in [2.24, 2.45) is 0 Å². The van der Waals surface area contributed by atoms with Crippen LogP contribution in [0.1, 0.15) is 52.5 Å². The molecule has 0 saturated heterocycles. The van der Waals surface area contributed by atoms with Crippen molar-refractivity contribution in [2.45, 2.75) is 34.1 Å². The Morgan fingerprint density at radius 1 is 0.852 bits per heavy atom. The maximum Gasteiger partial charge on any atom is 0.310 e. The molecule has 0 saturated carbocycles. The summed E-state index contributed by atoms with van der Waals surface area (Å²) in [6.45, 7) is 5.88. The lowest BCUT2D eigenvalue weighted by atomic mass is 10.1. The van der Waals surface area contributed by atoms with Crippen molar-refractivity contribution >= 4 is 23.5 Å². The molecule has 3 rings (SSSR count). The lowest BCUT2D eigenvalue weighted by molar-refractivity contribution is -0.156. The first-order chi connectivity index (χ1) is 12.6. The lowest BCUT2D eigenvalue weighted by Crippen LogP contribution is -2.03. The maximum atomic E-state index is 11.1. The van der Waals surface area contributed by atoms with Crippen LogP contribution in [0.25, 0.3) is 0 Å². The fraction of sp³-hybridized carbons (Fsp3) is 0.250. The fourth-order valence-corrected chi connectivity index (χ4v) is 2.26. The van der Waals surface area contributed by atoms with Crippen LogP contribution in [0.2, 0.25) is 0 Å². The van der Waals surface area contributed by atoms with Crippen molar-refractivity contribution in [3.05, 3.63) is 69.3 Å². The second kappa shape index (κ2) is 9.96. The Morgan fingerprint density at radius 2 is 1.26 bits per heavy atom. The molecule has 7 nitrogen and oxygen atoms in total. The van der Waals surface area contributed by atoms with Gasteiger partial charge < -0.3 is 9.15 Å². The van der Waals surface area contributed by atoms with E-state index in [0.29, 0.717) is 22.6 Å². The van der Waals surface area contributed by atoms with Crippen molar-refractivity contribution in [3.63, 3.8) is 0 Å². The van der Waals surface area contributed by atoms with E-state index in [-0.39, 0.29) is 23.4 Å². The van der Waals surface area contributed by atoms with E-state index in [4.69, 9.17) is 4.42 Å². The van der Waals surface area contributed by atoms with E-state index in [1.807, 2.05) is 0 Å². The smallest absolute Gasteiger partial charge is 0.310 e. The van der Waals surface area contributed by atoms with Gasteiger partial charge in [0.25, 0.3) is 0 Å². The van der Waals surface area contributed by atoms with Gasteiger partial charge in [0.15, 0.2) is 17.0 Å². The van der Waals surface area contributed by atoms with Crippen LogP contribution in [0.3, 0.4) is 0 Å². The van der Waals surface area contributed by atoms with Crippen molar-refractivity contribution in [3.8, 4) is 0 Å². The van der Waals surface area contributed by atoms with Crippen LogP contribution in [0, 0.1) is 13.8 Å². The monoisotopic (exact) mass is 372 g/mol. The summed E-state index contributed by atoms with van der Waals surface area (Å²) in [5, 5.41) is 0. The highest BCUT2D eigenvalue weighted by Gasteiger charge is 2.25. The van der Waals surface area contributed by atoms with Crippen molar-refractivity contribution < 1.29 is 28.3 Å². The van der Waals surface area contributed by atoms with Gasteiger partial charge in [-0.2, -0.15) is 0 Å². The fourth-order valence-electron chi connectivity index (χ4n) is 2.26. The molecule has 0 amide bonds. The molecule has 1 aromatic carbocycles. The van der Waals surface area contributed by atoms with Gasteiger partial charge in [-0.3, -0.25) is 24.0 Å². The molecule has 0 spiro atoms. The van der Waals surface area contributed by atoms with Gasteiger partial charge in [0.05, 0.1) is 6.42 Å². The van der Waals surface area contributed by atoms with Crippen LogP contribution in [-0.2, 0) is 14.3 Å². The quantitative estimate of drug-likeness (QED) is 0.517. The summed E-state index contributed by atoms with van der Waals surface area (Å²) < 4.78 is 9.03. The Hall–Kier alpha value is -3.35. The molecule has 0 atom stereocenters. The number of aryl methyl sites for hydroxylation is 2. The van der Waals surface area contributed by atoms with Gasteiger partial charge in [-0.05, 0) is 13.8 Å². The number of Topliss-reactive ketones (excluding diaryl/α,β-unsaturated/α-hetero) is 2. The topological polar surface area (TPSA) is 108 Å². The zero-order valence-corrected chi connectivity index (χ0v) is 15.5. The van der Waals surface area contributed by atoms with Gasteiger partial charge in [0.1, 0.15) is 11.5 Å².